The van der Waals surface area contributed by atoms with Gasteiger partial charge in [0.15, 0.2) is 11.6 Å². The number of ether oxygens (including phenoxy) is 1. The first kappa shape index (κ1) is 19.1. The number of alkyl halides is 3. The van der Waals surface area contributed by atoms with Crippen LogP contribution in [0.1, 0.15) is 5.56 Å². The average Bonchev–Trinajstić information content (AvgIpc) is 3.04. The van der Waals surface area contributed by atoms with Crippen LogP contribution in [0.4, 0.5) is 23.2 Å². The van der Waals surface area contributed by atoms with Crippen LogP contribution < -0.4 is 15.4 Å². The topological polar surface area (TPSA) is 96.1 Å². The molecule has 28 heavy (non-hydrogen) atoms. The van der Waals surface area contributed by atoms with E-state index in [0.29, 0.717) is 16.6 Å². The van der Waals surface area contributed by atoms with Crippen LogP contribution in [0.25, 0.3) is 10.9 Å². The second-order valence-corrected chi connectivity index (χ2v) is 5.57. The third kappa shape index (κ3) is 4.55. The van der Waals surface area contributed by atoms with Gasteiger partial charge in [0.1, 0.15) is 0 Å². The molecular weight excluding hydrogens is 384 g/mol. The number of carbonyl (C=O) groups is 2. The molecule has 2 amide bonds. The van der Waals surface area contributed by atoms with Gasteiger partial charge in [0, 0.05) is 30.5 Å². The first-order valence-corrected chi connectivity index (χ1v) is 7.77. The second kappa shape index (κ2) is 7.55. The monoisotopic (exact) mass is 396 g/mol. The zero-order valence-corrected chi connectivity index (χ0v) is 13.9. The Morgan fingerprint density at radius 3 is 2.71 bits per heavy atom. The number of H-pyrrole nitrogens is 1. The maximum atomic E-state index is 13.4. The minimum atomic E-state index is -5.06. The second-order valence-electron chi connectivity index (χ2n) is 5.57. The smallest absolute Gasteiger partial charge is 0.403 e. The average molecular weight is 396 g/mol. The number of amides is 2. The van der Waals surface area contributed by atoms with Crippen LogP contribution in [-0.2, 0) is 16.1 Å². The summed E-state index contributed by atoms with van der Waals surface area (Å²) in [6, 6.07) is 4.39. The summed E-state index contributed by atoms with van der Waals surface area (Å²) in [5.41, 5.74) is 1.15. The van der Waals surface area contributed by atoms with E-state index >= 15 is 0 Å². The molecule has 0 bridgehead atoms. The highest BCUT2D eigenvalue weighted by atomic mass is 19.4. The van der Waals surface area contributed by atoms with Crippen molar-refractivity contribution in [3.05, 3.63) is 54.2 Å². The lowest BCUT2D eigenvalue weighted by Crippen LogP contribution is -2.34. The first-order valence-electron chi connectivity index (χ1n) is 7.77. The van der Waals surface area contributed by atoms with Gasteiger partial charge in [-0.3, -0.25) is 14.6 Å². The predicted molar refractivity (Wildman–Crippen MR) is 89.7 cm³/mol. The van der Waals surface area contributed by atoms with Gasteiger partial charge in [0.05, 0.1) is 11.2 Å². The van der Waals surface area contributed by atoms with Crippen molar-refractivity contribution in [1.82, 2.24) is 15.3 Å². The lowest BCUT2D eigenvalue weighted by atomic mass is 10.2. The summed E-state index contributed by atoms with van der Waals surface area (Å²) < 4.78 is 53.7. The Hall–Kier alpha value is -3.63. The molecule has 0 unspecified atom stereocenters. The molecule has 1 aromatic carbocycles. The number of hydrogen-bond donors (Lipinski definition) is 3. The van der Waals surface area contributed by atoms with E-state index in [1.165, 1.54) is 12.4 Å². The minimum absolute atomic E-state index is 0.109. The third-order valence-corrected chi connectivity index (χ3v) is 3.61. The quantitative estimate of drug-likeness (QED) is 0.467. The lowest BCUT2D eigenvalue weighted by Gasteiger charge is -2.11. The van der Waals surface area contributed by atoms with Gasteiger partial charge in [0.25, 0.3) is 0 Å². The molecule has 0 saturated heterocycles. The molecule has 7 nitrogen and oxygen atoms in total. The van der Waals surface area contributed by atoms with Gasteiger partial charge in [-0.1, -0.05) is 6.07 Å². The van der Waals surface area contributed by atoms with Crippen molar-refractivity contribution in [3.63, 3.8) is 0 Å². The molecule has 0 spiro atoms. The fourth-order valence-electron chi connectivity index (χ4n) is 2.37. The third-order valence-electron chi connectivity index (χ3n) is 3.61. The summed E-state index contributed by atoms with van der Waals surface area (Å²) >= 11 is 0. The van der Waals surface area contributed by atoms with E-state index in [9.17, 15) is 27.2 Å². The number of hydrogen-bond acceptors (Lipinski definition) is 4. The van der Waals surface area contributed by atoms with E-state index in [-0.39, 0.29) is 12.1 Å². The van der Waals surface area contributed by atoms with Crippen molar-refractivity contribution in [3.8, 4) is 5.75 Å². The molecule has 2 heterocycles. The van der Waals surface area contributed by atoms with Crippen LogP contribution >= 0.6 is 0 Å². The first-order chi connectivity index (χ1) is 13.2. The molecule has 0 aliphatic rings. The number of anilines is 1. The van der Waals surface area contributed by atoms with Crippen LogP contribution in [0.15, 0.2) is 42.9 Å². The van der Waals surface area contributed by atoms with Gasteiger partial charge in [-0.15, -0.1) is 13.2 Å². The number of aromatic amines is 1. The summed E-state index contributed by atoms with van der Waals surface area (Å²) in [4.78, 5) is 30.7. The highest BCUT2D eigenvalue weighted by molar-refractivity contribution is 6.40. The molecule has 0 aliphatic carbocycles. The van der Waals surface area contributed by atoms with E-state index in [1.807, 2.05) is 0 Å². The van der Waals surface area contributed by atoms with E-state index in [4.69, 9.17) is 0 Å². The molecule has 11 heteroatoms. The Kier molecular flexibility index (Phi) is 5.16. The van der Waals surface area contributed by atoms with Crippen molar-refractivity contribution in [2.45, 2.75) is 12.9 Å². The fourth-order valence-corrected chi connectivity index (χ4v) is 2.37. The van der Waals surface area contributed by atoms with Crippen LogP contribution in [0.5, 0.6) is 5.75 Å². The molecule has 3 N–H and O–H groups in total. The Morgan fingerprint density at radius 2 is 1.96 bits per heavy atom. The number of rotatable bonds is 4. The Labute approximate surface area is 154 Å². The molecule has 0 aliphatic heterocycles. The van der Waals surface area contributed by atoms with Gasteiger partial charge in [0.2, 0.25) is 0 Å². The molecule has 0 saturated carbocycles. The van der Waals surface area contributed by atoms with Gasteiger partial charge in [-0.05, 0) is 23.8 Å². The molecule has 2 aromatic heterocycles. The number of nitrogens with one attached hydrogen (secondary N) is 3. The summed E-state index contributed by atoms with van der Waals surface area (Å²) in [6.45, 7) is -0.309. The molecule has 3 rings (SSSR count). The fraction of sp³-hybridized carbons (Fsp3) is 0.118. The van der Waals surface area contributed by atoms with E-state index in [2.05, 4.69) is 25.3 Å². The molecule has 0 fully saturated rings. The standard InChI is InChI=1S/C17H12F4N4O3/c18-11-2-1-9(5-14(11)28-17(19,20)21)6-24-15(26)16(27)25-13-8-23-12-3-4-22-7-10(12)13/h1-5,7-8,23H,6H2,(H,24,26)(H,25,27). The van der Waals surface area contributed by atoms with E-state index in [1.54, 1.807) is 12.3 Å². The van der Waals surface area contributed by atoms with Gasteiger partial charge in [-0.2, -0.15) is 0 Å². The number of aromatic nitrogens is 2. The van der Waals surface area contributed by atoms with Crippen molar-refractivity contribution in [2.75, 3.05) is 5.32 Å². The largest absolute Gasteiger partial charge is 0.573 e. The van der Waals surface area contributed by atoms with E-state index in [0.717, 1.165) is 18.2 Å². The molecule has 0 radical (unpaired) electrons. The summed E-state index contributed by atoms with van der Waals surface area (Å²) in [7, 11) is 0. The number of nitrogens with zero attached hydrogens (tertiary/aromatic N) is 1. The maximum Gasteiger partial charge on any atom is 0.573 e. The van der Waals surface area contributed by atoms with Crippen molar-refractivity contribution >= 4 is 28.4 Å². The van der Waals surface area contributed by atoms with Gasteiger partial charge >= 0.3 is 18.2 Å². The minimum Gasteiger partial charge on any atom is -0.403 e. The normalized spacial score (nSPS) is 11.3. The number of carbonyl (C=O) groups excluding carboxylic acids is 2. The number of benzene rings is 1. The van der Waals surface area contributed by atoms with Crippen molar-refractivity contribution < 1.29 is 31.9 Å². The molecular formula is C17H12F4N4O3. The summed E-state index contributed by atoms with van der Waals surface area (Å²) in [5, 5.41) is 5.22. The van der Waals surface area contributed by atoms with Crippen molar-refractivity contribution in [2.24, 2.45) is 0 Å². The van der Waals surface area contributed by atoms with Crippen LogP contribution in [0, 0.1) is 5.82 Å². The highest BCUT2D eigenvalue weighted by Crippen LogP contribution is 2.26. The Bertz CT molecular complexity index is 1030. The Balaban J connectivity index is 1.62. The van der Waals surface area contributed by atoms with E-state index < -0.39 is 29.7 Å². The van der Waals surface area contributed by atoms with Crippen molar-refractivity contribution in [1.29, 1.82) is 0 Å². The summed E-state index contributed by atoms with van der Waals surface area (Å²) in [5.74, 6) is -4.26. The summed E-state index contributed by atoms with van der Waals surface area (Å²) in [6.07, 6.45) is -0.522. The zero-order chi connectivity index (χ0) is 20.3. The molecule has 0 atom stereocenters. The zero-order valence-electron chi connectivity index (χ0n) is 13.9. The number of pyridine rings is 1. The van der Waals surface area contributed by atoms with Crippen LogP contribution in [-0.4, -0.2) is 28.1 Å². The SMILES string of the molecule is O=C(NCc1ccc(F)c(OC(F)(F)F)c1)C(=O)Nc1c[nH]c2ccncc12. The van der Waals surface area contributed by atoms with Gasteiger partial charge < -0.3 is 20.4 Å². The van der Waals surface area contributed by atoms with Gasteiger partial charge in [-0.25, -0.2) is 4.39 Å². The lowest BCUT2D eigenvalue weighted by molar-refractivity contribution is -0.275. The Morgan fingerprint density at radius 1 is 1.18 bits per heavy atom. The number of fused-ring (bicyclic) bond motifs is 1. The van der Waals surface area contributed by atoms with Crippen LogP contribution in [0.3, 0.4) is 0 Å². The molecule has 3 aromatic rings. The number of halogens is 4. The van der Waals surface area contributed by atoms with Crippen LogP contribution in [0.2, 0.25) is 0 Å². The highest BCUT2D eigenvalue weighted by Gasteiger charge is 2.32. The predicted octanol–water partition coefficient (Wildman–Crippen LogP) is 2.86. The molecule has 146 valence electrons. The maximum absolute atomic E-state index is 13.4.